The molecule has 2 unspecified atom stereocenters. The zero-order valence-electron chi connectivity index (χ0n) is 14.0. The molecule has 4 rings (SSSR count). The Balaban J connectivity index is 0.000000960. The Hall–Kier alpha value is 0.627. The van der Waals surface area contributed by atoms with Crippen LogP contribution < -0.4 is 24.8 Å². The van der Waals surface area contributed by atoms with Crippen LogP contribution in [-0.4, -0.2) is 8.07 Å². The average Bonchev–Trinajstić information content (AvgIpc) is 3.09. The predicted molar refractivity (Wildman–Crippen MR) is 89.6 cm³/mol. The fraction of sp³-hybridized carbons (Fsp3) is 0.579. The fourth-order valence-electron chi connectivity index (χ4n) is 5.32. The summed E-state index contributed by atoms with van der Waals surface area (Å²) in [6, 6.07) is 4.88. The SMILES string of the molecule is CC[Si]1([C]2([Hf+2][C]3=CC=CC3)CCC3CC=CC=C32)CCC1.[Cl-].[Cl-]. The third-order valence-electron chi connectivity index (χ3n) is 6.67. The minimum atomic E-state index is -0.994. The fourth-order valence-corrected chi connectivity index (χ4v) is 25.2. The molecule has 0 radical (unpaired) electrons. The van der Waals surface area contributed by atoms with E-state index in [0.29, 0.717) is 0 Å². The van der Waals surface area contributed by atoms with Gasteiger partial charge in [0.2, 0.25) is 0 Å². The molecule has 0 aromatic heterocycles. The standard InChI is InChI=1S/C14H21Si.C5H5.2ClH.Hf/c1-2-15(10-5-11-15)14-9-8-12-6-3-4-7-13(12)14;1-2-4-5-3-1;;;/h3-4,7,12H,2,5-6,8-11H2,1H3;1-3H,4H2;2*1H;/q;;;;+2/p-2. The maximum atomic E-state index is 2.60. The molecule has 0 N–H and O–H groups in total. The molecule has 23 heavy (non-hydrogen) atoms. The van der Waals surface area contributed by atoms with Crippen LogP contribution in [-0.2, 0) is 22.9 Å². The number of halogens is 2. The topological polar surface area (TPSA) is 0 Å². The first-order valence-electron chi connectivity index (χ1n) is 8.81. The monoisotopic (exact) mass is 532 g/mol. The molecule has 1 aliphatic heterocycles. The van der Waals surface area contributed by atoms with Crippen LogP contribution in [0.25, 0.3) is 0 Å². The molecular weight excluding hydrogens is 506 g/mol. The molecule has 1 saturated carbocycles. The number of fused-ring (bicyclic) bond motifs is 1. The van der Waals surface area contributed by atoms with E-state index in [4.69, 9.17) is 0 Å². The summed E-state index contributed by atoms with van der Waals surface area (Å²) >= 11 is -0.735. The third-order valence-corrected chi connectivity index (χ3v) is 25.7. The Labute approximate surface area is 166 Å². The van der Waals surface area contributed by atoms with Gasteiger partial charge in [0.05, 0.1) is 0 Å². The second-order valence-electron chi connectivity index (χ2n) is 7.36. The molecule has 2 fully saturated rings. The number of allylic oxidation sites excluding steroid dienone is 8. The molecule has 0 aromatic rings. The smallest absolute Gasteiger partial charge is 1.00 e. The summed E-state index contributed by atoms with van der Waals surface area (Å²) in [4.78, 5) is 0. The molecule has 0 amide bonds. The maximum absolute atomic E-state index is 2.60. The van der Waals surface area contributed by atoms with Gasteiger partial charge in [0.25, 0.3) is 0 Å². The quantitative estimate of drug-likeness (QED) is 0.441. The largest absolute Gasteiger partial charge is 1.00 e. The van der Waals surface area contributed by atoms with Crippen molar-refractivity contribution in [2.75, 3.05) is 0 Å². The molecule has 2 atom stereocenters. The van der Waals surface area contributed by atoms with Crippen LogP contribution in [0.5, 0.6) is 0 Å². The van der Waals surface area contributed by atoms with E-state index in [0.717, 1.165) is 8.71 Å². The van der Waals surface area contributed by atoms with E-state index < -0.39 is 31.0 Å². The van der Waals surface area contributed by atoms with E-state index in [1.807, 2.05) is 8.90 Å². The Morgan fingerprint density at radius 1 is 1.17 bits per heavy atom. The number of hydrogen-bond acceptors (Lipinski definition) is 0. The maximum Gasteiger partial charge on any atom is -1.00 e. The van der Waals surface area contributed by atoms with Crippen LogP contribution in [0.4, 0.5) is 0 Å². The van der Waals surface area contributed by atoms with Crippen LogP contribution >= 0.6 is 0 Å². The Bertz CT molecular complexity index is 554. The molecule has 0 aromatic carbocycles. The molecular formula is C19H26Cl2HfSi. The molecule has 4 aliphatic rings. The van der Waals surface area contributed by atoms with E-state index in [2.05, 4.69) is 43.4 Å². The van der Waals surface area contributed by atoms with E-state index in [1.165, 1.54) is 19.3 Å². The molecule has 0 bridgehead atoms. The molecule has 0 spiro atoms. The van der Waals surface area contributed by atoms with Crippen LogP contribution in [0.2, 0.25) is 20.9 Å². The van der Waals surface area contributed by atoms with Crippen LogP contribution in [0, 0.1) is 5.92 Å². The summed E-state index contributed by atoms with van der Waals surface area (Å²) in [6.45, 7) is 2.55. The summed E-state index contributed by atoms with van der Waals surface area (Å²) in [5, 5.41) is 0. The van der Waals surface area contributed by atoms with Gasteiger partial charge < -0.3 is 24.8 Å². The predicted octanol–water partition coefficient (Wildman–Crippen LogP) is -0.213. The summed E-state index contributed by atoms with van der Waals surface area (Å²) in [5.74, 6) is 0.939. The number of hydrogen-bond donors (Lipinski definition) is 0. The second kappa shape index (κ2) is 7.89. The van der Waals surface area contributed by atoms with Gasteiger partial charge in [-0.2, -0.15) is 0 Å². The van der Waals surface area contributed by atoms with Crippen molar-refractivity contribution < 1.29 is 47.7 Å². The average molecular weight is 532 g/mol. The van der Waals surface area contributed by atoms with Gasteiger partial charge in [-0.05, 0) is 0 Å². The normalized spacial score (nSPS) is 32.7. The summed E-state index contributed by atoms with van der Waals surface area (Å²) in [5.41, 5.74) is 1.98. The molecule has 1 heterocycles. The van der Waals surface area contributed by atoms with E-state index >= 15 is 0 Å². The minimum Gasteiger partial charge on any atom is -1.00 e. The van der Waals surface area contributed by atoms with Gasteiger partial charge >= 0.3 is 142 Å². The summed E-state index contributed by atoms with van der Waals surface area (Å²) in [6.07, 6.45) is 22.0. The van der Waals surface area contributed by atoms with E-state index in [1.54, 1.807) is 31.0 Å². The van der Waals surface area contributed by atoms with Crippen molar-refractivity contribution in [3.8, 4) is 0 Å². The van der Waals surface area contributed by atoms with Gasteiger partial charge in [-0.3, -0.25) is 0 Å². The van der Waals surface area contributed by atoms with Crippen molar-refractivity contribution >= 4 is 8.07 Å². The van der Waals surface area contributed by atoms with E-state index in [-0.39, 0.29) is 24.8 Å². The van der Waals surface area contributed by atoms with Crippen molar-refractivity contribution in [3.63, 3.8) is 0 Å². The first kappa shape index (κ1) is 19.9. The first-order chi connectivity index (χ1) is 10.3. The van der Waals surface area contributed by atoms with Crippen molar-refractivity contribution in [2.24, 2.45) is 5.92 Å². The van der Waals surface area contributed by atoms with Gasteiger partial charge in [0, 0.05) is 0 Å². The van der Waals surface area contributed by atoms with Gasteiger partial charge in [-0.25, -0.2) is 0 Å². The molecule has 124 valence electrons. The zero-order valence-corrected chi connectivity index (χ0v) is 20.1. The van der Waals surface area contributed by atoms with Gasteiger partial charge in [0.15, 0.2) is 0 Å². The second-order valence-corrected chi connectivity index (χ2v) is 20.6. The van der Waals surface area contributed by atoms with Gasteiger partial charge in [-0.15, -0.1) is 0 Å². The van der Waals surface area contributed by atoms with Crippen molar-refractivity contribution in [1.29, 1.82) is 0 Å². The van der Waals surface area contributed by atoms with Crippen LogP contribution in [0.3, 0.4) is 0 Å². The zero-order chi connectivity index (χ0) is 14.3. The summed E-state index contributed by atoms with van der Waals surface area (Å²) < 4.78 is 2.74. The Morgan fingerprint density at radius 2 is 1.96 bits per heavy atom. The van der Waals surface area contributed by atoms with Crippen molar-refractivity contribution in [3.05, 3.63) is 45.4 Å². The molecule has 1 saturated heterocycles. The summed E-state index contributed by atoms with van der Waals surface area (Å²) in [7, 11) is -0.994. The van der Waals surface area contributed by atoms with Gasteiger partial charge in [-0.1, -0.05) is 0 Å². The first-order valence-corrected chi connectivity index (χ1v) is 15.0. The Morgan fingerprint density at radius 3 is 2.57 bits per heavy atom. The van der Waals surface area contributed by atoms with Gasteiger partial charge in [0.1, 0.15) is 0 Å². The minimum absolute atomic E-state index is 0. The number of rotatable bonds is 4. The third kappa shape index (κ3) is 3.11. The molecule has 4 heteroatoms. The van der Waals surface area contributed by atoms with Crippen molar-refractivity contribution in [1.82, 2.24) is 0 Å². The van der Waals surface area contributed by atoms with Crippen molar-refractivity contribution in [2.45, 2.75) is 60.0 Å². The molecule has 0 nitrogen and oxygen atoms in total. The molecule has 3 aliphatic carbocycles. The Kier molecular flexibility index (Phi) is 6.84. The van der Waals surface area contributed by atoms with E-state index in [9.17, 15) is 0 Å². The van der Waals surface area contributed by atoms with Crippen LogP contribution in [0.15, 0.2) is 45.4 Å². The van der Waals surface area contributed by atoms with Crippen LogP contribution in [0.1, 0.15) is 39.0 Å².